The molecule has 1 aliphatic rings. The zero-order valence-corrected chi connectivity index (χ0v) is 17.0. The summed E-state index contributed by atoms with van der Waals surface area (Å²) in [4.78, 5) is 25.2. The predicted molar refractivity (Wildman–Crippen MR) is 111 cm³/mol. The molecule has 2 aromatic carbocycles. The molecule has 8 heteroatoms. The molecule has 0 radical (unpaired) electrons. The number of carbonyl (C=O) groups is 2. The number of carbonyl (C=O) groups excluding carboxylic acids is 2. The summed E-state index contributed by atoms with van der Waals surface area (Å²) in [7, 11) is 2.24. The first-order chi connectivity index (χ1) is 15.4. The van der Waals surface area contributed by atoms with Crippen LogP contribution in [0.15, 0.2) is 48.0 Å². The molecule has 0 bridgehead atoms. The van der Waals surface area contributed by atoms with Crippen LogP contribution in [0.1, 0.15) is 11.1 Å². The van der Waals surface area contributed by atoms with Crippen molar-refractivity contribution in [2.24, 2.45) is 11.3 Å². The summed E-state index contributed by atoms with van der Waals surface area (Å²) in [6, 6.07) is 17.2. The van der Waals surface area contributed by atoms with Crippen LogP contribution in [0.5, 0.6) is 0 Å². The van der Waals surface area contributed by atoms with Gasteiger partial charge in [0.2, 0.25) is 5.41 Å². The van der Waals surface area contributed by atoms with E-state index in [2.05, 4.69) is 0 Å². The highest BCUT2D eigenvalue weighted by Gasteiger charge is 2.51. The summed E-state index contributed by atoms with van der Waals surface area (Å²) in [5.41, 5.74) is -1.67. The molecule has 0 amide bonds. The predicted octanol–water partition coefficient (Wildman–Crippen LogP) is 3.03. The molecular weight excluding hydrogens is 408 g/mol. The van der Waals surface area contributed by atoms with Gasteiger partial charge in [-0.2, -0.15) is 21.0 Å². The largest absolute Gasteiger partial charge is 0.466 e. The molecule has 0 saturated carbocycles. The van der Waals surface area contributed by atoms with Crippen molar-refractivity contribution in [1.82, 2.24) is 0 Å². The van der Waals surface area contributed by atoms with E-state index in [-0.39, 0.29) is 11.1 Å². The highest BCUT2D eigenvalue weighted by Crippen LogP contribution is 2.51. The average Bonchev–Trinajstić information content (AvgIpc) is 3.13. The number of hydrogen-bond donors (Lipinski definition) is 0. The van der Waals surface area contributed by atoms with Crippen molar-refractivity contribution >= 4 is 33.9 Å². The van der Waals surface area contributed by atoms with E-state index < -0.39 is 28.8 Å². The SMILES string of the molecule is COC(=O)/C=C1/C(=C(\C(=O)OC)C(C#N)(C#N)C(C#N)C#N)c2cccc3cccc1c23. The number of rotatable bonds is 4. The number of methoxy groups -OCH3 is 2. The Morgan fingerprint density at radius 2 is 1.53 bits per heavy atom. The number of allylic oxidation sites excluding steroid dienone is 2. The van der Waals surface area contributed by atoms with Crippen molar-refractivity contribution in [1.29, 1.82) is 21.0 Å². The molecule has 8 nitrogen and oxygen atoms in total. The van der Waals surface area contributed by atoms with Gasteiger partial charge in [0.15, 0.2) is 5.92 Å². The standard InChI is InChI=1S/C24H14N4O4/c1-31-19(29)9-18-16-7-3-5-14-6-4-8-17(20(14)16)21(18)22(23(30)32-2)24(12-27,13-28)15(10-25)11-26/h3-9,15H,1-2H3/b18-9+,22-21+. The molecule has 1 aliphatic carbocycles. The maximum Gasteiger partial charge on any atom is 0.337 e. The quantitative estimate of drug-likeness (QED) is 0.539. The van der Waals surface area contributed by atoms with Crippen LogP contribution in [0.2, 0.25) is 0 Å². The molecule has 0 N–H and O–H groups in total. The van der Waals surface area contributed by atoms with E-state index in [1.807, 2.05) is 12.1 Å². The van der Waals surface area contributed by atoms with Crippen LogP contribution in [-0.2, 0) is 19.1 Å². The first-order valence-corrected chi connectivity index (χ1v) is 9.21. The Bertz CT molecular complexity index is 1360. The summed E-state index contributed by atoms with van der Waals surface area (Å²) < 4.78 is 9.65. The molecular formula is C24H14N4O4. The van der Waals surface area contributed by atoms with Crippen LogP contribution >= 0.6 is 0 Å². The van der Waals surface area contributed by atoms with Gasteiger partial charge >= 0.3 is 11.9 Å². The maximum absolute atomic E-state index is 13.0. The van der Waals surface area contributed by atoms with Gasteiger partial charge in [-0.1, -0.05) is 36.4 Å². The van der Waals surface area contributed by atoms with Gasteiger partial charge in [0.05, 0.1) is 44.1 Å². The Labute approximate surface area is 183 Å². The number of hydrogen-bond acceptors (Lipinski definition) is 8. The number of nitriles is 4. The lowest BCUT2D eigenvalue weighted by molar-refractivity contribution is -0.137. The first-order valence-electron chi connectivity index (χ1n) is 9.21. The summed E-state index contributed by atoms with van der Waals surface area (Å²) in [5, 5.41) is 40.4. The van der Waals surface area contributed by atoms with Gasteiger partial charge in [0, 0.05) is 11.6 Å². The molecule has 0 heterocycles. The Kier molecular flexibility index (Phi) is 5.75. The third-order valence-electron chi connectivity index (χ3n) is 5.27. The molecule has 2 aromatic rings. The molecule has 32 heavy (non-hydrogen) atoms. The fourth-order valence-corrected chi connectivity index (χ4v) is 3.84. The minimum Gasteiger partial charge on any atom is -0.466 e. The summed E-state index contributed by atoms with van der Waals surface area (Å²) in [5.74, 6) is -3.61. The summed E-state index contributed by atoms with van der Waals surface area (Å²) >= 11 is 0. The second-order valence-corrected chi connectivity index (χ2v) is 6.75. The lowest BCUT2D eigenvalue weighted by Crippen LogP contribution is -2.33. The van der Waals surface area contributed by atoms with Crippen molar-refractivity contribution in [3.8, 4) is 24.3 Å². The molecule has 154 valence electrons. The minimum atomic E-state index is -2.48. The van der Waals surface area contributed by atoms with Gasteiger partial charge in [-0.25, -0.2) is 9.59 Å². The maximum atomic E-state index is 13.0. The van der Waals surface area contributed by atoms with Crippen molar-refractivity contribution in [2.45, 2.75) is 0 Å². The highest BCUT2D eigenvalue weighted by molar-refractivity contribution is 6.28. The fraction of sp³-hybridized carbons (Fsp3) is 0.167. The van der Waals surface area contributed by atoms with Crippen LogP contribution in [0.25, 0.3) is 21.9 Å². The molecule has 0 spiro atoms. The zero-order valence-electron chi connectivity index (χ0n) is 17.0. The Balaban J connectivity index is 2.62. The second-order valence-electron chi connectivity index (χ2n) is 6.75. The normalized spacial score (nSPS) is 14.8. The zero-order chi connectivity index (χ0) is 23.5. The van der Waals surface area contributed by atoms with Gasteiger partial charge in [-0.05, 0) is 27.5 Å². The molecule has 0 aliphatic heterocycles. The third kappa shape index (κ3) is 3.05. The van der Waals surface area contributed by atoms with Crippen molar-refractivity contribution in [3.05, 3.63) is 59.2 Å². The number of esters is 2. The topological polar surface area (TPSA) is 148 Å². The molecule has 0 fully saturated rings. The van der Waals surface area contributed by atoms with Gasteiger partial charge < -0.3 is 9.47 Å². The van der Waals surface area contributed by atoms with E-state index in [0.717, 1.165) is 18.6 Å². The lowest BCUT2D eigenvalue weighted by atomic mass is 9.70. The number of nitrogens with zero attached hydrogens (tertiary/aromatic N) is 4. The third-order valence-corrected chi connectivity index (χ3v) is 5.27. The van der Waals surface area contributed by atoms with Crippen LogP contribution in [-0.4, -0.2) is 26.2 Å². The van der Waals surface area contributed by atoms with Gasteiger partial charge in [-0.15, -0.1) is 0 Å². The highest BCUT2D eigenvalue weighted by atomic mass is 16.5. The Hall–Kier alpha value is -4.92. The lowest BCUT2D eigenvalue weighted by Gasteiger charge is -2.24. The van der Waals surface area contributed by atoms with E-state index >= 15 is 0 Å². The van der Waals surface area contributed by atoms with Crippen molar-refractivity contribution < 1.29 is 19.1 Å². The molecule has 0 aromatic heterocycles. The van der Waals surface area contributed by atoms with E-state index in [9.17, 15) is 30.6 Å². The Morgan fingerprint density at radius 1 is 0.938 bits per heavy atom. The van der Waals surface area contributed by atoms with Crippen LogP contribution in [0.4, 0.5) is 0 Å². The van der Waals surface area contributed by atoms with Crippen molar-refractivity contribution in [2.75, 3.05) is 14.2 Å². The fourth-order valence-electron chi connectivity index (χ4n) is 3.84. The molecule has 3 rings (SSSR count). The summed E-state index contributed by atoms with van der Waals surface area (Å²) in [6.07, 6.45) is 1.14. The number of ether oxygens (including phenoxy) is 2. The molecule has 0 unspecified atom stereocenters. The first kappa shape index (κ1) is 21.8. The van der Waals surface area contributed by atoms with E-state index in [1.54, 1.807) is 48.5 Å². The van der Waals surface area contributed by atoms with E-state index in [1.165, 1.54) is 7.11 Å². The van der Waals surface area contributed by atoms with Crippen LogP contribution in [0.3, 0.4) is 0 Å². The van der Waals surface area contributed by atoms with Crippen LogP contribution < -0.4 is 0 Å². The Morgan fingerprint density at radius 3 is 2.03 bits per heavy atom. The molecule has 0 saturated heterocycles. The minimum absolute atomic E-state index is 0.0626. The van der Waals surface area contributed by atoms with E-state index in [0.29, 0.717) is 16.5 Å². The van der Waals surface area contributed by atoms with Gasteiger partial charge in [0.25, 0.3) is 0 Å². The average molecular weight is 422 g/mol. The number of benzene rings is 2. The van der Waals surface area contributed by atoms with Crippen LogP contribution in [0, 0.1) is 56.7 Å². The van der Waals surface area contributed by atoms with Gasteiger partial charge in [0.1, 0.15) is 0 Å². The second kappa shape index (κ2) is 8.44. The summed E-state index contributed by atoms with van der Waals surface area (Å²) in [6.45, 7) is 0. The van der Waals surface area contributed by atoms with Gasteiger partial charge in [-0.3, -0.25) is 0 Å². The monoisotopic (exact) mass is 422 g/mol. The van der Waals surface area contributed by atoms with E-state index in [4.69, 9.17) is 9.47 Å². The molecule has 0 atom stereocenters. The smallest absolute Gasteiger partial charge is 0.337 e. The van der Waals surface area contributed by atoms with Crippen molar-refractivity contribution in [3.63, 3.8) is 0 Å².